The molecule has 0 aromatic heterocycles. The highest BCUT2D eigenvalue weighted by Crippen LogP contribution is 2.44. The van der Waals surface area contributed by atoms with E-state index in [0.717, 1.165) is 24.2 Å². The maximum atomic E-state index is 13.5. The Bertz CT molecular complexity index is 1010. The van der Waals surface area contributed by atoms with Crippen molar-refractivity contribution in [2.24, 2.45) is 5.92 Å². The van der Waals surface area contributed by atoms with Gasteiger partial charge in [-0.2, -0.15) is 0 Å². The molecule has 2 heterocycles. The molecule has 2 N–H and O–H groups in total. The second-order valence-electron chi connectivity index (χ2n) is 9.84. The fourth-order valence-corrected chi connectivity index (χ4v) is 5.24. The molecule has 0 bridgehead atoms. The number of rotatable bonds is 4. The Kier molecular flexibility index (Phi) is 4.80. The van der Waals surface area contributed by atoms with E-state index in [-0.39, 0.29) is 11.9 Å². The molecule has 5 heteroatoms. The average Bonchev–Trinajstić information content (AvgIpc) is 3.53. The van der Waals surface area contributed by atoms with Gasteiger partial charge in [0.05, 0.1) is 11.5 Å². The molecule has 1 aliphatic carbocycles. The minimum atomic E-state index is -0.691. The van der Waals surface area contributed by atoms with Gasteiger partial charge in [0.25, 0.3) is 0 Å². The van der Waals surface area contributed by atoms with Gasteiger partial charge in [0.1, 0.15) is 0 Å². The van der Waals surface area contributed by atoms with Gasteiger partial charge in [-0.15, -0.1) is 0 Å². The quantitative estimate of drug-likeness (QED) is 0.776. The third-order valence-corrected chi connectivity index (χ3v) is 7.42. The van der Waals surface area contributed by atoms with Crippen LogP contribution in [0.15, 0.2) is 48.5 Å². The molecule has 0 radical (unpaired) electrons. The first-order valence-electron chi connectivity index (χ1n) is 11.5. The number of anilines is 1. The van der Waals surface area contributed by atoms with Crippen molar-refractivity contribution in [3.8, 4) is 0 Å². The van der Waals surface area contributed by atoms with Gasteiger partial charge >= 0.3 is 0 Å². The number of likely N-dealkylation sites (N-methyl/N-ethyl adjacent to an activating group) is 1. The van der Waals surface area contributed by atoms with Crippen molar-refractivity contribution in [2.75, 3.05) is 25.0 Å². The second kappa shape index (κ2) is 7.40. The molecule has 3 aliphatic rings. The Hall–Kier alpha value is -2.82. The molecule has 2 saturated heterocycles. The van der Waals surface area contributed by atoms with Crippen LogP contribution in [0, 0.1) is 11.3 Å². The molecule has 2 aromatic rings. The third-order valence-electron chi connectivity index (χ3n) is 7.42. The van der Waals surface area contributed by atoms with E-state index >= 15 is 0 Å². The van der Waals surface area contributed by atoms with Crippen LogP contribution in [0.1, 0.15) is 61.6 Å². The molecular weight excluding hydrogens is 384 g/mol. The van der Waals surface area contributed by atoms with Gasteiger partial charge < -0.3 is 10.2 Å². The van der Waals surface area contributed by atoms with Crippen LogP contribution in [0.4, 0.5) is 5.69 Å². The van der Waals surface area contributed by atoms with Gasteiger partial charge in [-0.25, -0.2) is 0 Å². The van der Waals surface area contributed by atoms with Gasteiger partial charge in [0.2, 0.25) is 5.91 Å². The lowest BCUT2D eigenvalue weighted by Crippen LogP contribution is -2.62. The minimum Gasteiger partial charge on any atom is -0.371 e. The molecule has 31 heavy (non-hydrogen) atoms. The number of hydrogen-bond acceptors (Lipinski definition) is 3. The number of guanidine groups is 1. The van der Waals surface area contributed by atoms with E-state index in [0.29, 0.717) is 11.8 Å². The lowest BCUT2D eigenvalue weighted by Gasteiger charge is -2.46. The lowest BCUT2D eigenvalue weighted by molar-refractivity contribution is -0.131. The summed E-state index contributed by atoms with van der Waals surface area (Å²) >= 11 is 0. The van der Waals surface area contributed by atoms with Crippen LogP contribution in [0.25, 0.3) is 0 Å². The third kappa shape index (κ3) is 3.50. The van der Waals surface area contributed by atoms with Gasteiger partial charge in [0, 0.05) is 25.8 Å². The van der Waals surface area contributed by atoms with E-state index in [1.165, 1.54) is 35.4 Å². The number of nitrogens with one attached hydrogen (secondary N) is 2. The van der Waals surface area contributed by atoms with Gasteiger partial charge in [-0.1, -0.05) is 43.3 Å². The molecule has 2 aliphatic heterocycles. The van der Waals surface area contributed by atoms with Crippen molar-refractivity contribution in [1.82, 2.24) is 10.2 Å². The monoisotopic (exact) mass is 416 g/mol. The van der Waals surface area contributed by atoms with Crippen molar-refractivity contribution < 1.29 is 4.79 Å². The van der Waals surface area contributed by atoms with E-state index < -0.39 is 11.5 Å². The van der Waals surface area contributed by atoms with E-state index in [2.05, 4.69) is 72.6 Å². The summed E-state index contributed by atoms with van der Waals surface area (Å²) in [6.45, 7) is 6.50. The molecule has 3 atom stereocenters. The predicted molar refractivity (Wildman–Crippen MR) is 125 cm³/mol. The molecular formula is C26H32N4O. The van der Waals surface area contributed by atoms with Crippen LogP contribution in [0.3, 0.4) is 0 Å². The van der Waals surface area contributed by atoms with Crippen molar-refractivity contribution >= 4 is 17.6 Å². The number of nitrogens with zero attached hydrogens (tertiary/aromatic N) is 2. The Morgan fingerprint density at radius 1 is 1.06 bits per heavy atom. The largest absolute Gasteiger partial charge is 0.371 e. The molecule has 0 spiro atoms. The average molecular weight is 417 g/mol. The summed E-state index contributed by atoms with van der Waals surface area (Å²) in [6, 6.07) is 17.1. The first-order chi connectivity index (χ1) is 14.9. The number of carbonyl (C=O) groups excluding carboxylic acids is 1. The molecule has 5 rings (SSSR count). The van der Waals surface area contributed by atoms with Crippen molar-refractivity contribution in [3.05, 3.63) is 65.2 Å². The van der Waals surface area contributed by atoms with Gasteiger partial charge in [-0.3, -0.25) is 15.1 Å². The summed E-state index contributed by atoms with van der Waals surface area (Å²) in [5.41, 5.74) is 3.93. The van der Waals surface area contributed by atoms with Crippen LogP contribution >= 0.6 is 0 Å². The number of hydrogen-bond donors (Lipinski definition) is 2. The Morgan fingerprint density at radius 3 is 2.42 bits per heavy atom. The Balaban J connectivity index is 1.55. The van der Waals surface area contributed by atoms with Crippen LogP contribution in [0.5, 0.6) is 0 Å². The van der Waals surface area contributed by atoms with Gasteiger partial charge in [0.15, 0.2) is 5.96 Å². The summed E-state index contributed by atoms with van der Waals surface area (Å²) < 4.78 is 0. The fraction of sp³-hybridized carbons (Fsp3) is 0.462. The van der Waals surface area contributed by atoms with E-state index in [1.807, 2.05) is 0 Å². The highest BCUT2D eigenvalue weighted by Gasteiger charge is 2.48. The van der Waals surface area contributed by atoms with Crippen molar-refractivity contribution in [1.29, 1.82) is 5.41 Å². The van der Waals surface area contributed by atoms with Crippen molar-refractivity contribution in [2.45, 2.75) is 50.5 Å². The molecule has 2 aromatic carbocycles. The summed E-state index contributed by atoms with van der Waals surface area (Å²) in [4.78, 5) is 17.3. The predicted octanol–water partition coefficient (Wildman–Crippen LogP) is 4.41. The summed E-state index contributed by atoms with van der Waals surface area (Å²) in [6.07, 6.45) is 3.75. The number of amides is 1. The summed E-state index contributed by atoms with van der Waals surface area (Å²) in [7, 11) is 1.69. The second-order valence-corrected chi connectivity index (χ2v) is 9.84. The molecule has 3 fully saturated rings. The van der Waals surface area contributed by atoms with Crippen LogP contribution in [-0.2, 0) is 10.3 Å². The smallest absolute Gasteiger partial charge is 0.239 e. The van der Waals surface area contributed by atoms with Crippen LogP contribution < -0.4 is 10.2 Å². The minimum absolute atomic E-state index is 0.0365. The van der Waals surface area contributed by atoms with Crippen LogP contribution in [-0.4, -0.2) is 36.9 Å². The van der Waals surface area contributed by atoms with Crippen LogP contribution in [0.2, 0.25) is 0 Å². The summed E-state index contributed by atoms with van der Waals surface area (Å²) in [5, 5.41) is 11.8. The fourth-order valence-electron chi connectivity index (χ4n) is 5.24. The standard InChI is InChI=1S/C26H32N4O/c1-17-13-14-30(16-17)22-6-4-5-21(15-22)26(2)23(24(31)29(3)25(27)28-26)20-11-9-19(10-12-20)18-7-8-18/h4-6,9-12,15,17-18,23H,7-8,13-14,16H2,1-3H3,(H2,27,28)/t17-,23+,26+/m0/s1. The first-order valence-corrected chi connectivity index (χ1v) is 11.5. The Labute approximate surface area is 184 Å². The number of carbonyl (C=O) groups is 1. The van der Waals surface area contributed by atoms with E-state index in [9.17, 15) is 4.79 Å². The SMILES string of the molecule is C[C@H]1CCN(c2cccc([C@@]3(C)NC(=N)N(C)C(=O)[C@H]3c3ccc(C4CC4)cc3)c2)C1. The Morgan fingerprint density at radius 2 is 1.77 bits per heavy atom. The molecule has 1 saturated carbocycles. The molecule has 162 valence electrons. The normalized spacial score (nSPS) is 28.7. The summed E-state index contributed by atoms with van der Waals surface area (Å²) in [5.74, 6) is 1.11. The zero-order valence-corrected chi connectivity index (χ0v) is 18.7. The lowest BCUT2D eigenvalue weighted by atomic mass is 9.73. The topological polar surface area (TPSA) is 59.4 Å². The maximum absolute atomic E-state index is 13.5. The molecule has 0 unspecified atom stereocenters. The van der Waals surface area contributed by atoms with E-state index in [4.69, 9.17) is 5.41 Å². The number of benzene rings is 2. The highest BCUT2D eigenvalue weighted by molar-refractivity contribution is 6.02. The molecule has 1 amide bonds. The zero-order chi connectivity index (χ0) is 21.8. The van der Waals surface area contributed by atoms with Crippen molar-refractivity contribution in [3.63, 3.8) is 0 Å². The first kappa shape index (κ1) is 20.1. The highest BCUT2D eigenvalue weighted by atomic mass is 16.2. The van der Waals surface area contributed by atoms with Gasteiger partial charge in [-0.05, 0) is 66.8 Å². The zero-order valence-electron chi connectivity index (χ0n) is 18.7. The maximum Gasteiger partial charge on any atom is 0.239 e. The molecule has 5 nitrogen and oxygen atoms in total. The van der Waals surface area contributed by atoms with E-state index in [1.54, 1.807) is 7.05 Å².